The monoisotopic (exact) mass is 325 g/mol. The van der Waals surface area contributed by atoms with E-state index in [1.165, 1.54) is 23.1 Å². The molecule has 2 unspecified atom stereocenters. The molecule has 0 aliphatic carbocycles. The van der Waals surface area contributed by atoms with Crippen LogP contribution in [0.4, 0.5) is 4.79 Å². The molecule has 1 fully saturated rings. The molecule has 0 saturated carbocycles. The van der Waals surface area contributed by atoms with Gasteiger partial charge in [-0.15, -0.1) is 0 Å². The number of benzene rings is 1. The predicted molar refractivity (Wildman–Crippen MR) is 96.6 cm³/mol. The van der Waals surface area contributed by atoms with Crippen LogP contribution in [0.5, 0.6) is 0 Å². The first kappa shape index (κ1) is 16.8. The molecule has 0 spiro atoms. The molecule has 3 heteroatoms. The van der Waals surface area contributed by atoms with Crippen molar-refractivity contribution in [3.05, 3.63) is 58.7 Å². The molecule has 3 rings (SSSR count). The Morgan fingerprint density at radius 1 is 1.17 bits per heavy atom. The lowest BCUT2D eigenvalue weighted by Gasteiger charge is -2.44. The van der Waals surface area contributed by atoms with E-state index in [0.29, 0.717) is 6.61 Å². The van der Waals surface area contributed by atoms with Gasteiger partial charge in [-0.3, -0.25) is 4.90 Å². The van der Waals surface area contributed by atoms with E-state index in [9.17, 15) is 4.79 Å². The Morgan fingerprint density at radius 3 is 2.58 bits per heavy atom. The second kappa shape index (κ2) is 7.25. The van der Waals surface area contributed by atoms with Gasteiger partial charge in [0.15, 0.2) is 0 Å². The number of carbonyl (C=O) groups is 1. The van der Waals surface area contributed by atoms with E-state index in [1.54, 1.807) is 0 Å². The van der Waals surface area contributed by atoms with Gasteiger partial charge in [0.25, 0.3) is 0 Å². The van der Waals surface area contributed by atoms with Crippen LogP contribution >= 0.6 is 0 Å². The standard InChI is InChI=1S/C21H27NO2/c1-15(2)16(3)18-12-19-10-7-11-20(13-18)22(19)21(23)24-14-17-8-5-4-6-9-17/h4-6,8-9,12,19-20H,7,10-11,13-14H2,1-3H3. The van der Waals surface area contributed by atoms with Crippen molar-refractivity contribution in [1.29, 1.82) is 0 Å². The first-order valence-electron chi connectivity index (χ1n) is 8.90. The third-order valence-corrected chi connectivity index (χ3v) is 5.28. The molecular formula is C21H27NO2. The van der Waals surface area contributed by atoms with E-state index >= 15 is 0 Å². The molecule has 24 heavy (non-hydrogen) atoms. The van der Waals surface area contributed by atoms with E-state index in [4.69, 9.17) is 4.74 Å². The molecule has 1 aromatic rings. The molecule has 1 amide bonds. The Morgan fingerprint density at radius 2 is 1.92 bits per heavy atom. The van der Waals surface area contributed by atoms with Crippen LogP contribution in [0, 0.1) is 0 Å². The Hall–Kier alpha value is -2.03. The third kappa shape index (κ3) is 3.55. The number of piperidine rings is 1. The lowest BCUT2D eigenvalue weighted by Crippen LogP contribution is -2.52. The van der Waals surface area contributed by atoms with Crippen LogP contribution in [0.15, 0.2) is 53.1 Å². The van der Waals surface area contributed by atoms with E-state index in [0.717, 1.165) is 24.8 Å². The lowest BCUT2D eigenvalue weighted by molar-refractivity contribution is 0.0486. The Kier molecular flexibility index (Phi) is 5.08. The largest absolute Gasteiger partial charge is 0.445 e. The van der Waals surface area contributed by atoms with Gasteiger partial charge in [-0.1, -0.05) is 42.0 Å². The molecule has 1 saturated heterocycles. The molecule has 2 aliphatic rings. The van der Waals surface area contributed by atoms with Crippen LogP contribution < -0.4 is 0 Å². The maximum atomic E-state index is 12.7. The summed E-state index contributed by atoms with van der Waals surface area (Å²) in [6.45, 7) is 6.86. The van der Waals surface area contributed by atoms with Gasteiger partial charge in [0.05, 0.1) is 6.04 Å². The highest BCUT2D eigenvalue weighted by atomic mass is 16.6. The van der Waals surface area contributed by atoms with Crippen LogP contribution in [0.25, 0.3) is 0 Å². The van der Waals surface area contributed by atoms with Gasteiger partial charge in [-0.2, -0.15) is 0 Å². The summed E-state index contributed by atoms with van der Waals surface area (Å²) < 4.78 is 5.59. The molecule has 0 N–H and O–H groups in total. The van der Waals surface area contributed by atoms with Crippen molar-refractivity contribution < 1.29 is 9.53 Å². The molecular weight excluding hydrogens is 298 g/mol. The minimum Gasteiger partial charge on any atom is -0.445 e. The minimum absolute atomic E-state index is 0.168. The number of rotatable bonds is 3. The zero-order chi connectivity index (χ0) is 17.1. The Balaban J connectivity index is 1.72. The maximum Gasteiger partial charge on any atom is 0.410 e. The number of fused-ring (bicyclic) bond motifs is 2. The summed E-state index contributed by atoms with van der Waals surface area (Å²) in [6, 6.07) is 10.3. The van der Waals surface area contributed by atoms with Crippen molar-refractivity contribution in [3.63, 3.8) is 0 Å². The van der Waals surface area contributed by atoms with E-state index in [1.807, 2.05) is 35.2 Å². The fourth-order valence-electron chi connectivity index (χ4n) is 3.71. The fraction of sp³-hybridized carbons (Fsp3) is 0.476. The first-order valence-corrected chi connectivity index (χ1v) is 8.90. The van der Waals surface area contributed by atoms with Crippen LogP contribution in [-0.4, -0.2) is 23.1 Å². The molecule has 2 aliphatic heterocycles. The molecule has 2 heterocycles. The smallest absolute Gasteiger partial charge is 0.410 e. The molecule has 0 radical (unpaired) electrons. The van der Waals surface area contributed by atoms with Gasteiger partial charge >= 0.3 is 6.09 Å². The maximum absolute atomic E-state index is 12.7. The average molecular weight is 325 g/mol. The van der Waals surface area contributed by atoms with Crippen molar-refractivity contribution >= 4 is 6.09 Å². The summed E-state index contributed by atoms with van der Waals surface area (Å²) in [6.07, 6.45) is 6.38. The number of hydrogen-bond donors (Lipinski definition) is 0. The minimum atomic E-state index is -0.168. The van der Waals surface area contributed by atoms with Crippen LogP contribution in [0.2, 0.25) is 0 Å². The second-order valence-electron chi connectivity index (χ2n) is 7.12. The predicted octanol–water partition coefficient (Wildman–Crippen LogP) is 5.23. The van der Waals surface area contributed by atoms with Crippen LogP contribution in [0.1, 0.15) is 52.0 Å². The van der Waals surface area contributed by atoms with E-state index < -0.39 is 0 Å². The molecule has 3 nitrogen and oxygen atoms in total. The average Bonchev–Trinajstić information content (AvgIpc) is 2.58. The van der Waals surface area contributed by atoms with Gasteiger partial charge in [-0.25, -0.2) is 4.79 Å². The topological polar surface area (TPSA) is 29.5 Å². The molecule has 0 aromatic heterocycles. The number of allylic oxidation sites excluding steroid dienone is 2. The molecule has 2 atom stereocenters. The normalized spacial score (nSPS) is 22.6. The highest BCUT2D eigenvalue weighted by Gasteiger charge is 2.38. The number of nitrogens with zero attached hydrogens (tertiary/aromatic N) is 1. The molecule has 1 aromatic carbocycles. The van der Waals surface area contributed by atoms with Gasteiger partial charge in [0, 0.05) is 6.04 Å². The highest BCUT2D eigenvalue weighted by molar-refractivity contribution is 5.70. The molecule has 2 bridgehead atoms. The van der Waals surface area contributed by atoms with E-state index in [-0.39, 0.29) is 18.2 Å². The summed E-state index contributed by atoms with van der Waals surface area (Å²) in [5.41, 5.74) is 5.19. The number of amides is 1. The second-order valence-corrected chi connectivity index (χ2v) is 7.12. The number of ether oxygens (including phenoxy) is 1. The Labute approximate surface area is 145 Å². The van der Waals surface area contributed by atoms with Crippen molar-refractivity contribution in [2.24, 2.45) is 0 Å². The SMILES string of the molecule is CC(C)=C(C)C1=CC2CCCC(C1)N2C(=O)OCc1ccccc1. The summed E-state index contributed by atoms with van der Waals surface area (Å²) in [4.78, 5) is 14.6. The van der Waals surface area contributed by atoms with Crippen molar-refractivity contribution in [1.82, 2.24) is 4.90 Å². The third-order valence-electron chi connectivity index (χ3n) is 5.28. The van der Waals surface area contributed by atoms with Crippen molar-refractivity contribution in [3.8, 4) is 0 Å². The van der Waals surface area contributed by atoms with Crippen molar-refractivity contribution in [2.75, 3.05) is 0 Å². The molecule has 128 valence electrons. The quantitative estimate of drug-likeness (QED) is 0.761. The van der Waals surface area contributed by atoms with Crippen LogP contribution in [0.3, 0.4) is 0 Å². The lowest BCUT2D eigenvalue weighted by atomic mass is 9.82. The summed E-state index contributed by atoms with van der Waals surface area (Å²) in [5.74, 6) is 0. The van der Waals surface area contributed by atoms with Crippen LogP contribution in [-0.2, 0) is 11.3 Å². The summed E-state index contributed by atoms with van der Waals surface area (Å²) >= 11 is 0. The van der Waals surface area contributed by atoms with E-state index in [2.05, 4.69) is 26.8 Å². The van der Waals surface area contributed by atoms with Gasteiger partial charge in [0.1, 0.15) is 6.61 Å². The van der Waals surface area contributed by atoms with Crippen molar-refractivity contribution in [2.45, 2.75) is 65.1 Å². The number of hydrogen-bond acceptors (Lipinski definition) is 2. The zero-order valence-corrected chi connectivity index (χ0v) is 14.9. The number of carbonyl (C=O) groups excluding carboxylic acids is 1. The summed E-state index contributed by atoms with van der Waals surface area (Å²) in [5, 5.41) is 0. The Bertz CT molecular complexity index is 656. The van der Waals surface area contributed by atoms with Gasteiger partial charge in [0.2, 0.25) is 0 Å². The van der Waals surface area contributed by atoms with Gasteiger partial charge in [-0.05, 0) is 63.2 Å². The fourth-order valence-corrected chi connectivity index (χ4v) is 3.71. The zero-order valence-electron chi connectivity index (χ0n) is 14.9. The van der Waals surface area contributed by atoms with Gasteiger partial charge < -0.3 is 4.74 Å². The highest BCUT2D eigenvalue weighted by Crippen LogP contribution is 2.36. The summed E-state index contributed by atoms with van der Waals surface area (Å²) in [7, 11) is 0. The first-order chi connectivity index (χ1) is 11.6.